The summed E-state index contributed by atoms with van der Waals surface area (Å²) in [6.45, 7) is 0. The molecule has 0 saturated heterocycles. The molecule has 1 aliphatic rings. The number of anilines is 1. The van der Waals surface area contributed by atoms with E-state index in [9.17, 15) is 10.1 Å². The molecule has 4 rings (SSSR count). The molecule has 3 aromatic rings. The van der Waals surface area contributed by atoms with Crippen LogP contribution in [0.1, 0.15) is 11.7 Å². The number of rotatable bonds is 2. The average Bonchev–Trinajstić information content (AvgIpc) is 2.92. The third-order valence-corrected chi connectivity index (χ3v) is 3.81. The minimum atomic E-state index is -0.423. The summed E-state index contributed by atoms with van der Waals surface area (Å²) in [6, 6.07) is 14.2. The molecular formula is C15H13N6O2+. The van der Waals surface area contributed by atoms with Gasteiger partial charge in [0.1, 0.15) is 11.0 Å². The molecule has 2 heterocycles. The van der Waals surface area contributed by atoms with Crippen molar-refractivity contribution in [1.82, 2.24) is 4.98 Å². The molecule has 1 aromatic heterocycles. The molecule has 4 N–H and O–H groups in total. The molecule has 0 spiro atoms. The monoisotopic (exact) mass is 309 g/mol. The van der Waals surface area contributed by atoms with E-state index < -0.39 is 4.92 Å². The second kappa shape index (κ2) is 4.80. The van der Waals surface area contributed by atoms with Crippen molar-refractivity contribution in [3.8, 4) is 0 Å². The van der Waals surface area contributed by atoms with E-state index in [1.165, 1.54) is 12.1 Å². The summed E-state index contributed by atoms with van der Waals surface area (Å²) < 4.78 is 1.98. The van der Waals surface area contributed by atoms with E-state index in [4.69, 9.17) is 5.73 Å². The fraction of sp³-hybridized carbons (Fsp3) is 0.0667. The lowest BCUT2D eigenvalue weighted by atomic mass is 10.1. The Kier molecular flexibility index (Phi) is 2.77. The van der Waals surface area contributed by atoms with Crippen molar-refractivity contribution in [2.24, 2.45) is 10.7 Å². The Morgan fingerprint density at radius 3 is 2.65 bits per heavy atom. The number of guanidine groups is 1. The topological polar surface area (TPSA) is 113 Å². The highest BCUT2D eigenvalue weighted by atomic mass is 16.6. The maximum absolute atomic E-state index is 10.8. The van der Waals surface area contributed by atoms with Crippen LogP contribution in [-0.4, -0.2) is 15.9 Å². The number of hydrogen-bond donors (Lipinski definition) is 3. The Balaban J connectivity index is 1.88. The van der Waals surface area contributed by atoms with Gasteiger partial charge in [0.25, 0.3) is 11.6 Å². The summed E-state index contributed by atoms with van der Waals surface area (Å²) in [5.74, 6) is 1.02. The second-order valence-corrected chi connectivity index (χ2v) is 5.22. The standard InChI is InChI=1S/C15H12N6O2/c16-14-18-13(9-5-7-10(8-6-9)21(22)23)20-12-4-2-1-3-11(12)17-15(20)19-14/h1-8,13H,(H3,16,17,18,19)/p+1/t13-/m1/s1. The van der Waals surface area contributed by atoms with E-state index in [0.29, 0.717) is 5.96 Å². The van der Waals surface area contributed by atoms with Gasteiger partial charge in [-0.05, 0) is 24.3 Å². The first kappa shape index (κ1) is 13.3. The molecule has 23 heavy (non-hydrogen) atoms. The van der Waals surface area contributed by atoms with Crippen molar-refractivity contribution in [2.75, 3.05) is 5.32 Å². The summed E-state index contributed by atoms with van der Waals surface area (Å²) in [5.41, 5.74) is 8.65. The normalized spacial score (nSPS) is 16.5. The number of non-ortho nitro benzene ring substituents is 1. The number of benzene rings is 2. The first-order chi connectivity index (χ1) is 11.1. The van der Waals surface area contributed by atoms with Crippen LogP contribution in [-0.2, 0) is 0 Å². The molecular weight excluding hydrogens is 296 g/mol. The molecule has 8 heteroatoms. The van der Waals surface area contributed by atoms with E-state index in [-0.39, 0.29) is 11.9 Å². The van der Waals surface area contributed by atoms with E-state index in [0.717, 1.165) is 22.5 Å². The van der Waals surface area contributed by atoms with Gasteiger partial charge < -0.3 is 5.73 Å². The number of nitro groups is 1. The molecule has 0 radical (unpaired) electrons. The molecule has 0 fully saturated rings. The zero-order chi connectivity index (χ0) is 16.0. The Hall–Kier alpha value is -3.42. The third kappa shape index (κ3) is 2.08. The SMILES string of the molecule is NC1=N[C@@H](c2ccc([N+](=O)[O-])cc2)[n+]2c([nH]c3ccccc32)N1. The molecule has 0 unspecified atom stereocenters. The van der Waals surface area contributed by atoms with Gasteiger partial charge in [0, 0.05) is 17.7 Å². The first-order valence-corrected chi connectivity index (χ1v) is 7.00. The maximum Gasteiger partial charge on any atom is 0.365 e. The Morgan fingerprint density at radius 2 is 1.91 bits per heavy atom. The predicted octanol–water partition coefficient (Wildman–Crippen LogP) is 1.65. The average molecular weight is 309 g/mol. The van der Waals surface area contributed by atoms with Gasteiger partial charge in [-0.2, -0.15) is 4.99 Å². The van der Waals surface area contributed by atoms with Gasteiger partial charge in [0.05, 0.1) is 4.92 Å². The van der Waals surface area contributed by atoms with Gasteiger partial charge in [-0.1, -0.05) is 12.1 Å². The van der Waals surface area contributed by atoms with Gasteiger partial charge in [-0.3, -0.25) is 10.1 Å². The highest BCUT2D eigenvalue weighted by Crippen LogP contribution is 2.25. The van der Waals surface area contributed by atoms with Crippen LogP contribution in [0.2, 0.25) is 0 Å². The minimum Gasteiger partial charge on any atom is -0.357 e. The fourth-order valence-electron chi connectivity index (χ4n) is 2.78. The number of para-hydroxylation sites is 2. The van der Waals surface area contributed by atoms with Crippen molar-refractivity contribution < 1.29 is 9.49 Å². The lowest BCUT2D eigenvalue weighted by Gasteiger charge is -2.17. The molecule has 2 aromatic carbocycles. The Morgan fingerprint density at radius 1 is 1.17 bits per heavy atom. The predicted molar refractivity (Wildman–Crippen MR) is 85.0 cm³/mol. The number of imidazole rings is 1. The van der Waals surface area contributed by atoms with Gasteiger partial charge >= 0.3 is 5.95 Å². The van der Waals surface area contributed by atoms with Gasteiger partial charge in [0.2, 0.25) is 6.17 Å². The number of aliphatic imine (C=N–C) groups is 1. The summed E-state index contributed by atoms with van der Waals surface area (Å²) in [6.07, 6.45) is -0.386. The van der Waals surface area contributed by atoms with E-state index in [1.54, 1.807) is 12.1 Å². The van der Waals surface area contributed by atoms with E-state index in [1.807, 2.05) is 28.8 Å². The largest absolute Gasteiger partial charge is 0.365 e. The van der Waals surface area contributed by atoms with Crippen LogP contribution in [0.4, 0.5) is 11.6 Å². The number of nitrogens with zero attached hydrogens (tertiary/aromatic N) is 3. The lowest BCUT2D eigenvalue weighted by Crippen LogP contribution is -2.48. The number of aromatic amines is 1. The van der Waals surface area contributed by atoms with Gasteiger partial charge in [-0.25, -0.2) is 14.9 Å². The highest BCUT2D eigenvalue weighted by Gasteiger charge is 2.31. The molecule has 1 atom stereocenters. The summed E-state index contributed by atoms with van der Waals surface area (Å²) in [7, 11) is 0. The number of fused-ring (bicyclic) bond motifs is 3. The summed E-state index contributed by atoms with van der Waals surface area (Å²) in [4.78, 5) is 18.1. The molecule has 8 nitrogen and oxygen atoms in total. The first-order valence-electron chi connectivity index (χ1n) is 7.00. The molecule has 0 aliphatic carbocycles. The van der Waals surface area contributed by atoms with Crippen LogP contribution >= 0.6 is 0 Å². The number of nitrogens with one attached hydrogen (secondary N) is 2. The van der Waals surface area contributed by atoms with Gasteiger partial charge in [-0.15, -0.1) is 0 Å². The van der Waals surface area contributed by atoms with Crippen LogP contribution in [0, 0.1) is 10.1 Å². The zero-order valence-corrected chi connectivity index (χ0v) is 11.9. The highest BCUT2D eigenvalue weighted by molar-refractivity contribution is 5.92. The maximum atomic E-state index is 10.8. The number of nitrogens with two attached hydrogens (primary N) is 1. The van der Waals surface area contributed by atoms with Crippen molar-refractivity contribution in [2.45, 2.75) is 6.17 Å². The number of nitro benzene ring substituents is 1. The van der Waals surface area contributed by atoms with Crippen LogP contribution in [0.5, 0.6) is 0 Å². The lowest BCUT2D eigenvalue weighted by molar-refractivity contribution is -0.674. The quantitative estimate of drug-likeness (QED) is 0.379. The Labute approximate surface area is 130 Å². The van der Waals surface area contributed by atoms with Crippen LogP contribution in [0.25, 0.3) is 11.0 Å². The number of hydrogen-bond acceptors (Lipinski definition) is 5. The van der Waals surface area contributed by atoms with Crippen molar-refractivity contribution >= 4 is 28.6 Å². The second-order valence-electron chi connectivity index (χ2n) is 5.22. The van der Waals surface area contributed by atoms with Crippen molar-refractivity contribution in [3.05, 3.63) is 64.2 Å². The van der Waals surface area contributed by atoms with E-state index in [2.05, 4.69) is 15.3 Å². The van der Waals surface area contributed by atoms with Crippen LogP contribution < -0.4 is 15.6 Å². The smallest absolute Gasteiger partial charge is 0.357 e. The summed E-state index contributed by atoms with van der Waals surface area (Å²) >= 11 is 0. The van der Waals surface area contributed by atoms with Crippen LogP contribution in [0.3, 0.4) is 0 Å². The zero-order valence-electron chi connectivity index (χ0n) is 11.9. The molecule has 0 saturated carbocycles. The van der Waals surface area contributed by atoms with Gasteiger partial charge in [0.15, 0.2) is 0 Å². The molecule has 0 amide bonds. The third-order valence-electron chi connectivity index (χ3n) is 3.81. The molecule has 0 bridgehead atoms. The number of H-pyrrole nitrogens is 1. The molecule has 114 valence electrons. The minimum absolute atomic E-state index is 0.0452. The van der Waals surface area contributed by atoms with Crippen molar-refractivity contribution in [1.29, 1.82) is 0 Å². The van der Waals surface area contributed by atoms with Crippen molar-refractivity contribution in [3.63, 3.8) is 0 Å². The van der Waals surface area contributed by atoms with E-state index >= 15 is 0 Å². The Bertz CT molecular complexity index is 944. The molecule has 1 aliphatic heterocycles. The summed E-state index contributed by atoms with van der Waals surface area (Å²) in [5, 5.41) is 13.8. The van der Waals surface area contributed by atoms with Crippen LogP contribution in [0.15, 0.2) is 53.5 Å². The fourth-order valence-corrected chi connectivity index (χ4v) is 2.78. The number of aromatic nitrogens is 2.